The minimum absolute atomic E-state index is 0.0917. The van der Waals surface area contributed by atoms with E-state index < -0.39 is 17.5 Å². The predicted molar refractivity (Wildman–Crippen MR) is 84.7 cm³/mol. The van der Waals surface area contributed by atoms with Gasteiger partial charge in [0.15, 0.2) is 0 Å². The maximum atomic E-state index is 14.1. The molecule has 0 radical (unpaired) electrons. The fraction of sp³-hybridized carbons (Fsp3) is 0.316. The van der Waals surface area contributed by atoms with E-state index in [2.05, 4.69) is 0 Å². The Morgan fingerprint density at radius 3 is 2.75 bits per heavy atom. The SMILES string of the molecule is O=C(O)C1(c2cccc(O[C@@H]3CCc4c(O)ccc(F)c43)c2)CC1. The van der Waals surface area contributed by atoms with Crippen LogP contribution in [-0.2, 0) is 16.6 Å². The summed E-state index contributed by atoms with van der Waals surface area (Å²) in [6, 6.07) is 9.65. The van der Waals surface area contributed by atoms with Crippen LogP contribution in [0.3, 0.4) is 0 Å². The Bertz CT molecular complexity index is 826. The van der Waals surface area contributed by atoms with E-state index >= 15 is 0 Å². The van der Waals surface area contributed by atoms with Crippen LogP contribution in [0.5, 0.6) is 11.5 Å². The number of carboxylic acids is 1. The first-order chi connectivity index (χ1) is 11.5. The second-order valence-corrected chi connectivity index (χ2v) is 6.52. The molecule has 24 heavy (non-hydrogen) atoms. The highest BCUT2D eigenvalue weighted by Crippen LogP contribution is 2.49. The average molecular weight is 328 g/mol. The molecule has 0 aromatic heterocycles. The van der Waals surface area contributed by atoms with Gasteiger partial charge in [-0.1, -0.05) is 12.1 Å². The number of aromatic hydroxyl groups is 1. The lowest BCUT2D eigenvalue weighted by atomic mass is 9.96. The number of carbonyl (C=O) groups is 1. The standard InChI is InChI=1S/C19H17FO4/c20-14-5-6-15(21)13-4-7-16(17(13)14)24-12-3-1-2-11(10-12)19(8-9-19)18(22)23/h1-3,5-6,10,16,21H,4,7-9H2,(H,22,23)/t16-/m1/s1. The number of phenols is 1. The summed E-state index contributed by atoms with van der Waals surface area (Å²) in [5, 5.41) is 19.3. The van der Waals surface area contributed by atoms with Crippen molar-refractivity contribution in [3.05, 3.63) is 58.9 Å². The van der Waals surface area contributed by atoms with E-state index in [1.165, 1.54) is 12.1 Å². The molecule has 5 heteroatoms. The van der Waals surface area contributed by atoms with Crippen molar-refractivity contribution in [3.8, 4) is 11.5 Å². The van der Waals surface area contributed by atoms with Gasteiger partial charge in [0.05, 0.1) is 5.41 Å². The zero-order valence-corrected chi connectivity index (χ0v) is 13.0. The van der Waals surface area contributed by atoms with Crippen LogP contribution < -0.4 is 4.74 Å². The topological polar surface area (TPSA) is 66.8 Å². The first-order valence-corrected chi connectivity index (χ1v) is 8.02. The number of benzene rings is 2. The summed E-state index contributed by atoms with van der Waals surface area (Å²) in [7, 11) is 0. The molecule has 1 fully saturated rings. The lowest BCUT2D eigenvalue weighted by Gasteiger charge is -2.18. The third-order valence-electron chi connectivity index (χ3n) is 5.08. The monoisotopic (exact) mass is 328 g/mol. The fourth-order valence-electron chi connectivity index (χ4n) is 3.56. The van der Waals surface area contributed by atoms with Crippen molar-refractivity contribution in [1.29, 1.82) is 0 Å². The summed E-state index contributed by atoms with van der Waals surface area (Å²) in [5.74, 6) is -0.581. The fourth-order valence-corrected chi connectivity index (χ4v) is 3.56. The van der Waals surface area contributed by atoms with Gasteiger partial charge in [0.1, 0.15) is 23.4 Å². The molecule has 4 rings (SSSR count). The molecule has 4 nitrogen and oxygen atoms in total. The number of phenolic OH excluding ortho intramolecular Hbond substituents is 1. The lowest BCUT2D eigenvalue weighted by molar-refractivity contribution is -0.140. The van der Waals surface area contributed by atoms with Gasteiger partial charge >= 0.3 is 5.97 Å². The minimum atomic E-state index is -0.818. The van der Waals surface area contributed by atoms with E-state index in [0.717, 1.165) is 5.56 Å². The number of rotatable bonds is 4. The minimum Gasteiger partial charge on any atom is -0.508 e. The van der Waals surface area contributed by atoms with Crippen molar-refractivity contribution in [3.63, 3.8) is 0 Å². The summed E-state index contributed by atoms with van der Waals surface area (Å²) < 4.78 is 20.1. The predicted octanol–water partition coefficient (Wildman–Crippen LogP) is 3.71. The third-order valence-corrected chi connectivity index (χ3v) is 5.08. The van der Waals surface area contributed by atoms with E-state index in [-0.39, 0.29) is 11.6 Å². The van der Waals surface area contributed by atoms with Gasteiger partial charge in [-0.15, -0.1) is 0 Å². The first kappa shape index (κ1) is 15.0. The molecule has 0 heterocycles. The summed E-state index contributed by atoms with van der Waals surface area (Å²) in [6.07, 6.45) is 1.92. The second-order valence-electron chi connectivity index (χ2n) is 6.52. The Kier molecular flexibility index (Phi) is 3.27. The number of hydrogen-bond acceptors (Lipinski definition) is 3. The van der Waals surface area contributed by atoms with Crippen LogP contribution in [0.2, 0.25) is 0 Å². The van der Waals surface area contributed by atoms with E-state index in [4.69, 9.17) is 4.74 Å². The van der Waals surface area contributed by atoms with Gasteiger partial charge in [0.2, 0.25) is 0 Å². The van der Waals surface area contributed by atoms with Gasteiger partial charge in [-0.25, -0.2) is 4.39 Å². The molecule has 2 N–H and O–H groups in total. The third kappa shape index (κ3) is 2.23. The van der Waals surface area contributed by atoms with E-state index in [1.807, 2.05) is 0 Å². The molecule has 2 aliphatic rings. The van der Waals surface area contributed by atoms with Gasteiger partial charge in [-0.2, -0.15) is 0 Å². The highest BCUT2D eigenvalue weighted by molar-refractivity contribution is 5.85. The van der Waals surface area contributed by atoms with E-state index in [1.54, 1.807) is 24.3 Å². The van der Waals surface area contributed by atoms with Crippen molar-refractivity contribution >= 4 is 5.97 Å². The molecule has 0 saturated heterocycles. The first-order valence-electron chi connectivity index (χ1n) is 8.02. The average Bonchev–Trinajstić information content (AvgIpc) is 3.28. The van der Waals surface area contributed by atoms with Crippen molar-refractivity contribution in [2.45, 2.75) is 37.2 Å². The van der Waals surface area contributed by atoms with Crippen molar-refractivity contribution in [2.75, 3.05) is 0 Å². The van der Waals surface area contributed by atoms with Crippen LogP contribution in [-0.4, -0.2) is 16.2 Å². The Balaban J connectivity index is 1.63. The van der Waals surface area contributed by atoms with E-state index in [0.29, 0.717) is 42.6 Å². The lowest BCUT2D eigenvalue weighted by Crippen LogP contribution is -2.19. The smallest absolute Gasteiger partial charge is 0.314 e. The van der Waals surface area contributed by atoms with Gasteiger partial charge < -0.3 is 14.9 Å². The molecular formula is C19H17FO4. The number of ether oxygens (including phenoxy) is 1. The van der Waals surface area contributed by atoms with Crippen LogP contribution in [0.25, 0.3) is 0 Å². The molecule has 2 aromatic carbocycles. The highest BCUT2D eigenvalue weighted by Gasteiger charge is 2.51. The molecule has 2 aliphatic carbocycles. The molecule has 2 aromatic rings. The zero-order chi connectivity index (χ0) is 16.9. The number of fused-ring (bicyclic) bond motifs is 1. The highest BCUT2D eigenvalue weighted by atomic mass is 19.1. The molecular weight excluding hydrogens is 311 g/mol. The Labute approximate surface area is 138 Å². The van der Waals surface area contributed by atoms with Crippen molar-refractivity contribution in [1.82, 2.24) is 0 Å². The molecule has 0 unspecified atom stereocenters. The summed E-state index contributed by atoms with van der Waals surface area (Å²) >= 11 is 0. The summed E-state index contributed by atoms with van der Waals surface area (Å²) in [4.78, 5) is 11.5. The van der Waals surface area contributed by atoms with Crippen LogP contribution in [0.4, 0.5) is 4.39 Å². The Morgan fingerprint density at radius 2 is 2.04 bits per heavy atom. The Morgan fingerprint density at radius 1 is 1.25 bits per heavy atom. The van der Waals surface area contributed by atoms with Gasteiger partial charge in [0.25, 0.3) is 0 Å². The van der Waals surface area contributed by atoms with Crippen LogP contribution in [0, 0.1) is 5.82 Å². The molecule has 1 atom stereocenters. The zero-order valence-electron chi connectivity index (χ0n) is 13.0. The molecule has 124 valence electrons. The number of halogens is 1. The number of hydrogen-bond donors (Lipinski definition) is 2. The van der Waals surface area contributed by atoms with Gasteiger partial charge in [0, 0.05) is 11.1 Å². The largest absolute Gasteiger partial charge is 0.508 e. The number of carboxylic acid groups (broad SMARTS) is 1. The van der Waals surface area contributed by atoms with Crippen LogP contribution in [0.15, 0.2) is 36.4 Å². The maximum Gasteiger partial charge on any atom is 0.314 e. The summed E-state index contributed by atoms with van der Waals surface area (Å²) in [6.45, 7) is 0. The molecule has 0 aliphatic heterocycles. The van der Waals surface area contributed by atoms with Gasteiger partial charge in [-0.05, 0) is 55.5 Å². The van der Waals surface area contributed by atoms with Crippen molar-refractivity contribution in [2.24, 2.45) is 0 Å². The van der Waals surface area contributed by atoms with Crippen LogP contribution in [0.1, 0.15) is 42.1 Å². The Hall–Kier alpha value is -2.56. The molecule has 0 bridgehead atoms. The van der Waals surface area contributed by atoms with Gasteiger partial charge in [-0.3, -0.25) is 4.79 Å². The maximum absolute atomic E-state index is 14.1. The molecule has 0 spiro atoms. The quantitative estimate of drug-likeness (QED) is 0.898. The number of aliphatic carboxylic acids is 1. The molecule has 1 saturated carbocycles. The van der Waals surface area contributed by atoms with E-state index in [9.17, 15) is 19.4 Å². The second kappa shape index (κ2) is 5.23. The normalized spacial score (nSPS) is 20.5. The van der Waals surface area contributed by atoms with Crippen molar-refractivity contribution < 1.29 is 24.1 Å². The summed E-state index contributed by atoms with van der Waals surface area (Å²) in [5.41, 5.74) is 0.929. The van der Waals surface area contributed by atoms with Crippen LogP contribution >= 0.6 is 0 Å². The molecule has 0 amide bonds.